The number of nitrogens with zero attached hydrogens (tertiary/aromatic N) is 1. The normalized spacial score (nSPS) is 18.1. The highest BCUT2D eigenvalue weighted by Crippen LogP contribution is 2.41. The predicted molar refractivity (Wildman–Crippen MR) is 146 cm³/mol. The Morgan fingerprint density at radius 1 is 1.00 bits per heavy atom. The zero-order valence-electron chi connectivity index (χ0n) is 20.9. The molecule has 2 atom stereocenters. The van der Waals surface area contributed by atoms with Crippen molar-refractivity contribution in [1.82, 2.24) is 15.4 Å². The fourth-order valence-electron chi connectivity index (χ4n) is 5.15. The summed E-state index contributed by atoms with van der Waals surface area (Å²) in [6, 6.07) is 23.2. The van der Waals surface area contributed by atoms with Gasteiger partial charge in [0.25, 0.3) is 5.56 Å². The molecule has 0 spiro atoms. The summed E-state index contributed by atoms with van der Waals surface area (Å²) in [5.74, 6) is -0.0936. The molecule has 3 aromatic carbocycles. The molecule has 1 aliphatic heterocycles. The maximum Gasteiger partial charge on any atom is 0.253 e. The zero-order chi connectivity index (χ0) is 25.6. The molecule has 2 N–H and O–H groups in total. The first kappa shape index (κ1) is 24.3. The molecule has 1 amide bonds. The zero-order valence-corrected chi connectivity index (χ0v) is 21.7. The quantitative estimate of drug-likeness (QED) is 0.330. The first-order valence-electron chi connectivity index (χ1n) is 12.2. The number of carbonyl (C=O) groups excluding carboxylic acids is 1. The number of aromatic amines is 1. The summed E-state index contributed by atoms with van der Waals surface area (Å²) < 4.78 is 0. The van der Waals surface area contributed by atoms with Gasteiger partial charge in [0.2, 0.25) is 5.91 Å². The summed E-state index contributed by atoms with van der Waals surface area (Å²) in [4.78, 5) is 29.3. The lowest BCUT2D eigenvalue weighted by Gasteiger charge is -2.25. The predicted octanol–water partition coefficient (Wildman–Crippen LogP) is 6.69. The molecule has 184 valence electrons. The van der Waals surface area contributed by atoms with E-state index < -0.39 is 0 Å². The van der Waals surface area contributed by atoms with Gasteiger partial charge in [0.1, 0.15) is 0 Å². The van der Waals surface area contributed by atoms with Crippen LogP contribution in [0, 0.1) is 0 Å². The van der Waals surface area contributed by atoms with E-state index in [2.05, 4.69) is 55.4 Å². The van der Waals surface area contributed by atoms with Gasteiger partial charge in [0.05, 0.1) is 12.1 Å². The van der Waals surface area contributed by atoms with Crippen molar-refractivity contribution in [2.24, 2.45) is 0 Å². The third-order valence-corrected chi connectivity index (χ3v) is 7.23. The van der Waals surface area contributed by atoms with Crippen LogP contribution in [0.1, 0.15) is 62.9 Å². The number of fused-ring (bicyclic) bond motifs is 1. The molecule has 2 heterocycles. The number of amides is 1. The third-order valence-electron chi connectivity index (χ3n) is 6.99. The second kappa shape index (κ2) is 9.23. The van der Waals surface area contributed by atoms with E-state index in [-0.39, 0.29) is 29.0 Å². The van der Waals surface area contributed by atoms with Crippen LogP contribution in [0.25, 0.3) is 22.0 Å². The largest absolute Gasteiger partial charge is 0.322 e. The van der Waals surface area contributed by atoms with Crippen LogP contribution in [0.15, 0.2) is 77.6 Å². The molecule has 5 rings (SSSR count). The lowest BCUT2D eigenvalue weighted by Crippen LogP contribution is -2.38. The monoisotopic (exact) mass is 499 g/mol. The Hall–Kier alpha value is -3.41. The average Bonchev–Trinajstić information content (AvgIpc) is 3.29. The van der Waals surface area contributed by atoms with Crippen molar-refractivity contribution in [3.05, 3.63) is 105 Å². The summed E-state index contributed by atoms with van der Waals surface area (Å²) in [6.45, 7) is 8.09. The Bertz CT molecular complexity index is 1490. The summed E-state index contributed by atoms with van der Waals surface area (Å²) in [5.41, 5.74) is 8.60. The Labute approximate surface area is 216 Å². The van der Waals surface area contributed by atoms with E-state index in [1.54, 1.807) is 18.0 Å². The summed E-state index contributed by atoms with van der Waals surface area (Å²) in [5, 5.41) is 3.13. The van der Waals surface area contributed by atoms with Crippen LogP contribution in [-0.2, 0) is 10.2 Å². The lowest BCUT2D eigenvalue weighted by atomic mass is 9.85. The second-order valence-electron chi connectivity index (χ2n) is 10.5. The lowest BCUT2D eigenvalue weighted by molar-refractivity contribution is -0.132. The standard InChI is InChI=1S/C30H30ClN3O2/c1-18(35)34-26(19-10-12-21(13-11-19)30(2,3)4)17-25(33-34)28-27(20-8-6-5-7-9-20)23-16-22(31)14-15-24(23)32-29(28)36/h5-16,25-26,33H,17H2,1-4H3,(H,32,36). The van der Waals surface area contributed by atoms with Crippen molar-refractivity contribution in [2.45, 2.75) is 51.6 Å². The molecule has 1 fully saturated rings. The number of aromatic nitrogens is 1. The van der Waals surface area contributed by atoms with E-state index in [0.29, 0.717) is 17.0 Å². The van der Waals surface area contributed by atoms with Gasteiger partial charge in [-0.25, -0.2) is 5.43 Å². The molecule has 6 heteroatoms. The van der Waals surface area contributed by atoms with Gasteiger partial charge in [0, 0.05) is 34.0 Å². The van der Waals surface area contributed by atoms with E-state index in [9.17, 15) is 9.59 Å². The van der Waals surface area contributed by atoms with Crippen LogP contribution in [0.3, 0.4) is 0 Å². The number of pyridine rings is 1. The van der Waals surface area contributed by atoms with Crippen molar-refractivity contribution in [1.29, 1.82) is 0 Å². The molecule has 0 aliphatic carbocycles. The molecule has 1 saturated heterocycles. The maximum atomic E-state index is 13.5. The highest BCUT2D eigenvalue weighted by molar-refractivity contribution is 6.31. The van der Waals surface area contributed by atoms with Gasteiger partial charge in [-0.1, -0.05) is 87.0 Å². The van der Waals surface area contributed by atoms with Crippen molar-refractivity contribution in [2.75, 3.05) is 0 Å². The van der Waals surface area contributed by atoms with Gasteiger partial charge >= 0.3 is 0 Å². The number of benzene rings is 3. The van der Waals surface area contributed by atoms with Gasteiger partial charge in [-0.05, 0) is 46.7 Å². The van der Waals surface area contributed by atoms with Crippen LogP contribution in [0.2, 0.25) is 5.02 Å². The first-order chi connectivity index (χ1) is 17.1. The number of carbonyl (C=O) groups is 1. The minimum atomic E-state index is -0.358. The van der Waals surface area contributed by atoms with Crippen LogP contribution in [-0.4, -0.2) is 15.9 Å². The van der Waals surface area contributed by atoms with E-state index in [4.69, 9.17) is 11.6 Å². The minimum absolute atomic E-state index is 0.0412. The number of rotatable bonds is 3. The highest BCUT2D eigenvalue weighted by Gasteiger charge is 2.38. The van der Waals surface area contributed by atoms with Crippen LogP contribution >= 0.6 is 11.6 Å². The molecule has 0 bridgehead atoms. The van der Waals surface area contributed by atoms with Gasteiger partial charge in [0.15, 0.2) is 0 Å². The first-order valence-corrected chi connectivity index (χ1v) is 12.6. The third kappa shape index (κ3) is 4.45. The molecule has 5 nitrogen and oxygen atoms in total. The van der Waals surface area contributed by atoms with Crippen LogP contribution in [0.4, 0.5) is 0 Å². The summed E-state index contributed by atoms with van der Waals surface area (Å²) in [7, 11) is 0. The number of halogens is 1. The SMILES string of the molecule is CC(=O)N1NC(c2c(-c3ccccc3)c3cc(Cl)ccc3[nH]c2=O)CC1c1ccc(C(C)(C)C)cc1. The van der Waals surface area contributed by atoms with Crippen LogP contribution in [0.5, 0.6) is 0 Å². The van der Waals surface area contributed by atoms with Crippen molar-refractivity contribution in [3.8, 4) is 11.1 Å². The number of hydrazine groups is 1. The number of H-pyrrole nitrogens is 1. The maximum absolute atomic E-state index is 13.5. The fraction of sp³-hybridized carbons (Fsp3) is 0.267. The average molecular weight is 500 g/mol. The molecule has 1 aromatic heterocycles. The topological polar surface area (TPSA) is 65.2 Å². The molecule has 0 saturated carbocycles. The van der Waals surface area contributed by atoms with Gasteiger partial charge in [-0.15, -0.1) is 0 Å². The molecular formula is C30H30ClN3O2. The Balaban J connectivity index is 1.64. The van der Waals surface area contributed by atoms with Gasteiger partial charge < -0.3 is 4.98 Å². The summed E-state index contributed by atoms with van der Waals surface area (Å²) in [6.07, 6.45) is 0.573. The van der Waals surface area contributed by atoms with Crippen molar-refractivity contribution < 1.29 is 4.79 Å². The van der Waals surface area contributed by atoms with E-state index in [0.717, 1.165) is 27.6 Å². The number of hydrogen-bond donors (Lipinski definition) is 2. The van der Waals surface area contributed by atoms with Crippen molar-refractivity contribution in [3.63, 3.8) is 0 Å². The van der Waals surface area contributed by atoms with Gasteiger partial charge in [-0.2, -0.15) is 0 Å². The molecular weight excluding hydrogens is 470 g/mol. The summed E-state index contributed by atoms with van der Waals surface area (Å²) >= 11 is 6.38. The Morgan fingerprint density at radius 3 is 2.33 bits per heavy atom. The highest BCUT2D eigenvalue weighted by atomic mass is 35.5. The fourth-order valence-corrected chi connectivity index (χ4v) is 5.32. The number of hydrogen-bond acceptors (Lipinski definition) is 3. The van der Waals surface area contributed by atoms with Crippen molar-refractivity contribution >= 4 is 28.4 Å². The Morgan fingerprint density at radius 2 is 1.69 bits per heavy atom. The number of nitrogens with one attached hydrogen (secondary N) is 2. The van der Waals surface area contributed by atoms with Crippen LogP contribution < -0.4 is 11.0 Å². The van der Waals surface area contributed by atoms with E-state index >= 15 is 0 Å². The van der Waals surface area contributed by atoms with Gasteiger partial charge in [-0.3, -0.25) is 14.6 Å². The molecule has 2 unspecified atom stereocenters. The molecule has 4 aromatic rings. The smallest absolute Gasteiger partial charge is 0.253 e. The molecule has 0 radical (unpaired) electrons. The van der Waals surface area contributed by atoms with E-state index in [1.807, 2.05) is 42.5 Å². The molecule has 1 aliphatic rings. The molecule has 36 heavy (non-hydrogen) atoms. The van der Waals surface area contributed by atoms with E-state index in [1.165, 1.54) is 5.56 Å². The second-order valence-corrected chi connectivity index (χ2v) is 10.9. The minimum Gasteiger partial charge on any atom is -0.322 e. The Kier molecular flexibility index (Phi) is 6.23.